The number of fused-ring (bicyclic) bond motifs is 1. The minimum absolute atomic E-state index is 0.222. The standard InChI is InChI=1S/C20H21F2NO4S/c21-20(22)28(24,25)16-6-3-14(4-7-16)13-23-9-1-2-17(23)15-5-8-18-19(12-15)27-11-10-26-18/h3-8,12,17,20H,1-2,9-11,13H2. The highest BCUT2D eigenvalue weighted by atomic mass is 32.2. The first-order chi connectivity index (χ1) is 13.4. The summed E-state index contributed by atoms with van der Waals surface area (Å²) in [6.07, 6.45) is 2.06. The maximum atomic E-state index is 12.7. The van der Waals surface area contributed by atoms with Crippen LogP contribution in [0.5, 0.6) is 11.5 Å². The molecule has 2 heterocycles. The third kappa shape index (κ3) is 3.71. The predicted molar refractivity (Wildman–Crippen MR) is 99.4 cm³/mol. The minimum atomic E-state index is -4.56. The van der Waals surface area contributed by atoms with Gasteiger partial charge in [0, 0.05) is 12.6 Å². The lowest BCUT2D eigenvalue weighted by atomic mass is 10.0. The van der Waals surface area contributed by atoms with E-state index in [1.165, 1.54) is 12.1 Å². The zero-order valence-corrected chi connectivity index (χ0v) is 16.0. The number of ether oxygens (including phenoxy) is 2. The Kier molecular flexibility index (Phi) is 5.25. The largest absolute Gasteiger partial charge is 0.486 e. The van der Waals surface area contributed by atoms with E-state index < -0.39 is 15.6 Å². The minimum Gasteiger partial charge on any atom is -0.486 e. The molecule has 1 atom stereocenters. The number of hydrogen-bond acceptors (Lipinski definition) is 5. The van der Waals surface area contributed by atoms with E-state index in [1.54, 1.807) is 12.1 Å². The molecule has 1 unspecified atom stereocenters. The molecular formula is C20H21F2NO4S. The molecule has 2 aliphatic rings. The summed E-state index contributed by atoms with van der Waals surface area (Å²) in [6.45, 7) is 2.63. The van der Waals surface area contributed by atoms with Crippen LogP contribution in [-0.2, 0) is 16.4 Å². The smallest absolute Gasteiger partial charge is 0.341 e. The first-order valence-electron chi connectivity index (χ1n) is 9.20. The highest BCUT2D eigenvalue weighted by molar-refractivity contribution is 7.91. The first-order valence-corrected chi connectivity index (χ1v) is 10.7. The summed E-state index contributed by atoms with van der Waals surface area (Å²) in [5, 5.41) is 0. The second-order valence-electron chi connectivity index (χ2n) is 6.98. The molecule has 28 heavy (non-hydrogen) atoms. The second-order valence-corrected chi connectivity index (χ2v) is 8.90. The van der Waals surface area contributed by atoms with Gasteiger partial charge in [0.05, 0.1) is 4.90 Å². The van der Waals surface area contributed by atoms with Gasteiger partial charge in [-0.1, -0.05) is 18.2 Å². The van der Waals surface area contributed by atoms with E-state index in [0.29, 0.717) is 19.8 Å². The molecule has 0 aromatic heterocycles. The zero-order valence-electron chi connectivity index (χ0n) is 15.2. The molecule has 8 heteroatoms. The molecule has 1 fully saturated rings. The van der Waals surface area contributed by atoms with Crippen molar-refractivity contribution in [2.45, 2.75) is 36.1 Å². The van der Waals surface area contributed by atoms with Gasteiger partial charge in [0.1, 0.15) is 13.2 Å². The fourth-order valence-corrected chi connectivity index (χ4v) is 4.50. The van der Waals surface area contributed by atoms with Gasteiger partial charge in [-0.05, 0) is 54.8 Å². The third-order valence-corrected chi connectivity index (χ3v) is 6.59. The van der Waals surface area contributed by atoms with Gasteiger partial charge in [-0.25, -0.2) is 8.42 Å². The van der Waals surface area contributed by atoms with Gasteiger partial charge in [-0.15, -0.1) is 0 Å². The Morgan fingerprint density at radius 2 is 1.75 bits per heavy atom. The van der Waals surface area contributed by atoms with Crippen LogP contribution in [0.3, 0.4) is 0 Å². The molecule has 2 aromatic rings. The fourth-order valence-electron chi connectivity index (χ4n) is 3.78. The van der Waals surface area contributed by atoms with Gasteiger partial charge >= 0.3 is 5.76 Å². The Labute approximate surface area is 162 Å². The molecule has 0 radical (unpaired) electrons. The molecule has 2 aromatic carbocycles. The molecule has 0 spiro atoms. The van der Waals surface area contributed by atoms with Gasteiger partial charge in [0.25, 0.3) is 0 Å². The summed E-state index contributed by atoms with van der Waals surface area (Å²) in [5.74, 6) is -1.89. The van der Waals surface area contributed by atoms with Crippen molar-refractivity contribution in [3.8, 4) is 11.5 Å². The van der Waals surface area contributed by atoms with Crippen LogP contribution >= 0.6 is 0 Å². The van der Waals surface area contributed by atoms with Crippen molar-refractivity contribution in [2.75, 3.05) is 19.8 Å². The van der Waals surface area contributed by atoms with E-state index in [9.17, 15) is 17.2 Å². The van der Waals surface area contributed by atoms with Crippen molar-refractivity contribution in [1.82, 2.24) is 4.90 Å². The summed E-state index contributed by atoms with van der Waals surface area (Å²) in [5.41, 5.74) is 2.04. The molecule has 0 saturated carbocycles. The fraction of sp³-hybridized carbons (Fsp3) is 0.400. The normalized spacial score (nSPS) is 19.9. The zero-order chi connectivity index (χ0) is 19.7. The van der Waals surface area contributed by atoms with Gasteiger partial charge in [0.2, 0.25) is 9.84 Å². The molecule has 0 amide bonds. The summed E-state index contributed by atoms with van der Waals surface area (Å²) < 4.78 is 59.7. The van der Waals surface area contributed by atoms with Gasteiger partial charge in [-0.2, -0.15) is 8.78 Å². The molecule has 1 saturated heterocycles. The summed E-state index contributed by atoms with van der Waals surface area (Å²) in [7, 11) is -4.56. The molecule has 0 bridgehead atoms. The Balaban J connectivity index is 1.50. The lowest BCUT2D eigenvalue weighted by Crippen LogP contribution is -2.23. The van der Waals surface area contributed by atoms with E-state index in [1.807, 2.05) is 12.1 Å². The van der Waals surface area contributed by atoms with Gasteiger partial charge in [-0.3, -0.25) is 4.90 Å². The number of alkyl halides is 2. The lowest BCUT2D eigenvalue weighted by Gasteiger charge is -2.26. The van der Waals surface area contributed by atoms with Crippen molar-refractivity contribution in [3.63, 3.8) is 0 Å². The number of benzene rings is 2. The molecule has 150 valence electrons. The number of nitrogens with zero attached hydrogens (tertiary/aromatic N) is 1. The van der Waals surface area contributed by atoms with Crippen molar-refractivity contribution < 1.29 is 26.7 Å². The van der Waals surface area contributed by atoms with Crippen LogP contribution in [0, 0.1) is 0 Å². The second kappa shape index (κ2) is 7.67. The van der Waals surface area contributed by atoms with Crippen LogP contribution in [0.25, 0.3) is 0 Å². The molecule has 5 nitrogen and oxygen atoms in total. The lowest BCUT2D eigenvalue weighted by molar-refractivity contribution is 0.170. The van der Waals surface area contributed by atoms with Crippen molar-refractivity contribution in [3.05, 3.63) is 53.6 Å². The molecule has 4 rings (SSSR count). The monoisotopic (exact) mass is 409 g/mol. The van der Waals surface area contributed by atoms with E-state index in [-0.39, 0.29) is 10.9 Å². The number of likely N-dealkylation sites (tertiary alicyclic amines) is 1. The first kappa shape index (κ1) is 19.1. The van der Waals surface area contributed by atoms with Crippen LogP contribution in [0.2, 0.25) is 0 Å². The predicted octanol–water partition coefficient (Wildman–Crippen LogP) is 3.79. The van der Waals surface area contributed by atoms with E-state index in [0.717, 1.165) is 42.0 Å². The number of hydrogen-bond donors (Lipinski definition) is 0. The summed E-state index contributed by atoms with van der Waals surface area (Å²) in [4.78, 5) is 1.96. The van der Waals surface area contributed by atoms with E-state index in [4.69, 9.17) is 9.47 Å². The molecule has 0 aliphatic carbocycles. The average molecular weight is 409 g/mol. The SMILES string of the molecule is O=S(=O)(c1ccc(CN2CCCC2c2ccc3c(c2)OCCO3)cc1)C(F)F. The quantitative estimate of drug-likeness (QED) is 0.752. The molecule has 0 N–H and O–H groups in total. The number of halogens is 2. The van der Waals surface area contributed by atoms with Crippen molar-refractivity contribution in [1.29, 1.82) is 0 Å². The average Bonchev–Trinajstić information content (AvgIpc) is 3.16. The van der Waals surface area contributed by atoms with E-state index >= 15 is 0 Å². The maximum absolute atomic E-state index is 12.7. The van der Waals surface area contributed by atoms with Gasteiger partial charge in [0.15, 0.2) is 11.5 Å². The van der Waals surface area contributed by atoms with Gasteiger partial charge < -0.3 is 9.47 Å². The van der Waals surface area contributed by atoms with Crippen LogP contribution in [0.4, 0.5) is 8.78 Å². The van der Waals surface area contributed by atoms with Crippen LogP contribution in [0.1, 0.15) is 30.0 Å². The third-order valence-electron chi connectivity index (χ3n) is 5.19. The highest BCUT2D eigenvalue weighted by Crippen LogP contribution is 2.38. The Hall–Kier alpha value is -2.19. The van der Waals surface area contributed by atoms with Crippen LogP contribution in [0.15, 0.2) is 47.4 Å². The maximum Gasteiger partial charge on any atom is 0.341 e. The summed E-state index contributed by atoms with van der Waals surface area (Å²) >= 11 is 0. The van der Waals surface area contributed by atoms with Crippen LogP contribution < -0.4 is 9.47 Å². The summed E-state index contributed by atoms with van der Waals surface area (Å²) in [6, 6.07) is 12.0. The molecule has 2 aliphatic heterocycles. The van der Waals surface area contributed by atoms with Crippen molar-refractivity contribution >= 4 is 9.84 Å². The number of sulfone groups is 1. The number of rotatable bonds is 5. The Bertz CT molecular complexity index is 947. The van der Waals surface area contributed by atoms with Crippen molar-refractivity contribution in [2.24, 2.45) is 0 Å². The molecular weight excluding hydrogens is 388 g/mol. The van der Waals surface area contributed by atoms with Crippen LogP contribution in [-0.4, -0.2) is 38.8 Å². The Morgan fingerprint density at radius 1 is 1.04 bits per heavy atom. The Morgan fingerprint density at radius 3 is 2.46 bits per heavy atom. The highest BCUT2D eigenvalue weighted by Gasteiger charge is 2.29. The van der Waals surface area contributed by atoms with E-state index in [2.05, 4.69) is 11.0 Å². The topological polar surface area (TPSA) is 55.8 Å².